The van der Waals surface area contributed by atoms with Crippen molar-refractivity contribution in [2.45, 2.75) is 29.8 Å². The molecule has 2 aromatic rings. The molecule has 0 aliphatic carbocycles. The summed E-state index contributed by atoms with van der Waals surface area (Å²) in [5.41, 5.74) is 0.624. The van der Waals surface area contributed by atoms with Gasteiger partial charge in [0.2, 0.25) is 10.0 Å². The zero-order chi connectivity index (χ0) is 17.6. The van der Waals surface area contributed by atoms with E-state index in [1.165, 1.54) is 30.0 Å². The number of rotatable bonds is 8. The number of benzene rings is 1. The van der Waals surface area contributed by atoms with Gasteiger partial charge in [0.1, 0.15) is 5.75 Å². The Morgan fingerprint density at radius 1 is 1.29 bits per heavy atom. The number of hydrogen-bond donors (Lipinski definition) is 2. The Hall–Kier alpha value is -1.84. The van der Waals surface area contributed by atoms with Crippen LogP contribution in [0.3, 0.4) is 0 Å². The predicted octanol–water partition coefficient (Wildman–Crippen LogP) is 1.54. The van der Waals surface area contributed by atoms with Crippen LogP contribution in [-0.2, 0) is 16.4 Å². The van der Waals surface area contributed by atoms with Crippen molar-refractivity contribution >= 4 is 21.8 Å². The molecule has 0 saturated heterocycles. The SMILES string of the molecule is CCCc1cc(=O)[nH]c(SCCOc2ccc(S(N)(=O)=O)cc2)n1. The van der Waals surface area contributed by atoms with Gasteiger partial charge in [0.15, 0.2) is 5.16 Å². The minimum Gasteiger partial charge on any atom is -0.493 e. The van der Waals surface area contributed by atoms with E-state index in [0.29, 0.717) is 23.3 Å². The molecule has 0 bridgehead atoms. The molecule has 0 saturated carbocycles. The number of nitrogens with two attached hydrogens (primary N) is 1. The van der Waals surface area contributed by atoms with Gasteiger partial charge in [0.05, 0.1) is 11.5 Å². The van der Waals surface area contributed by atoms with Crippen LogP contribution in [0.2, 0.25) is 0 Å². The number of aromatic amines is 1. The highest BCUT2D eigenvalue weighted by Gasteiger charge is 2.07. The molecular formula is C15H19N3O4S2. The first kappa shape index (κ1) is 18.5. The molecule has 0 amide bonds. The van der Waals surface area contributed by atoms with Crippen LogP contribution in [-0.4, -0.2) is 30.7 Å². The number of H-pyrrole nitrogens is 1. The Labute approximate surface area is 144 Å². The average molecular weight is 369 g/mol. The lowest BCUT2D eigenvalue weighted by molar-refractivity contribution is 0.343. The Morgan fingerprint density at radius 2 is 2.00 bits per heavy atom. The van der Waals surface area contributed by atoms with E-state index >= 15 is 0 Å². The van der Waals surface area contributed by atoms with Gasteiger partial charge in [-0.3, -0.25) is 4.79 Å². The molecule has 2 rings (SSSR count). The molecule has 0 atom stereocenters. The Kier molecular flexibility index (Phi) is 6.41. The molecule has 0 aliphatic rings. The smallest absolute Gasteiger partial charge is 0.251 e. The van der Waals surface area contributed by atoms with E-state index in [1.807, 2.05) is 6.92 Å². The fraction of sp³-hybridized carbons (Fsp3) is 0.333. The van der Waals surface area contributed by atoms with Crippen LogP contribution in [0.4, 0.5) is 0 Å². The van der Waals surface area contributed by atoms with Crippen molar-refractivity contribution in [1.29, 1.82) is 0 Å². The van der Waals surface area contributed by atoms with Crippen LogP contribution in [0, 0.1) is 0 Å². The van der Waals surface area contributed by atoms with Crippen molar-refractivity contribution < 1.29 is 13.2 Å². The van der Waals surface area contributed by atoms with E-state index in [0.717, 1.165) is 18.5 Å². The summed E-state index contributed by atoms with van der Waals surface area (Å²) in [4.78, 5) is 18.7. The number of nitrogens with one attached hydrogen (secondary N) is 1. The normalized spacial score (nSPS) is 11.4. The molecular weight excluding hydrogens is 350 g/mol. The summed E-state index contributed by atoms with van der Waals surface area (Å²) in [6.07, 6.45) is 1.70. The van der Waals surface area contributed by atoms with E-state index in [9.17, 15) is 13.2 Å². The van der Waals surface area contributed by atoms with E-state index < -0.39 is 10.0 Å². The van der Waals surface area contributed by atoms with Crippen molar-refractivity contribution in [3.8, 4) is 5.75 Å². The lowest BCUT2D eigenvalue weighted by atomic mass is 10.2. The highest BCUT2D eigenvalue weighted by Crippen LogP contribution is 2.16. The largest absolute Gasteiger partial charge is 0.493 e. The van der Waals surface area contributed by atoms with Crippen molar-refractivity contribution in [1.82, 2.24) is 9.97 Å². The van der Waals surface area contributed by atoms with Gasteiger partial charge in [-0.25, -0.2) is 18.5 Å². The molecule has 0 spiro atoms. The molecule has 1 heterocycles. The van der Waals surface area contributed by atoms with Crippen LogP contribution < -0.4 is 15.4 Å². The molecule has 1 aromatic heterocycles. The molecule has 130 valence electrons. The van der Waals surface area contributed by atoms with Crippen LogP contribution >= 0.6 is 11.8 Å². The summed E-state index contributed by atoms with van der Waals surface area (Å²) >= 11 is 1.39. The van der Waals surface area contributed by atoms with E-state index in [2.05, 4.69) is 9.97 Å². The number of sulfonamides is 1. The van der Waals surface area contributed by atoms with Gasteiger partial charge in [-0.1, -0.05) is 25.1 Å². The third-order valence-corrected chi connectivity index (χ3v) is 4.79. The zero-order valence-electron chi connectivity index (χ0n) is 13.2. The molecule has 0 unspecified atom stereocenters. The standard InChI is InChI=1S/C15H19N3O4S2/c1-2-3-11-10-14(19)18-15(17-11)23-9-8-22-12-4-6-13(7-5-12)24(16,20)21/h4-7,10H,2-3,8-9H2,1H3,(H2,16,20,21)(H,17,18,19). The first-order valence-electron chi connectivity index (χ1n) is 7.37. The minimum absolute atomic E-state index is 0.0405. The maximum Gasteiger partial charge on any atom is 0.251 e. The topological polar surface area (TPSA) is 115 Å². The van der Waals surface area contributed by atoms with Crippen molar-refractivity contribution in [3.63, 3.8) is 0 Å². The second-order valence-corrected chi connectivity index (χ2v) is 7.65. The summed E-state index contributed by atoms with van der Waals surface area (Å²) in [6, 6.07) is 7.39. The summed E-state index contributed by atoms with van der Waals surface area (Å²) in [6.45, 7) is 2.42. The van der Waals surface area contributed by atoms with Crippen LogP contribution in [0.25, 0.3) is 0 Å². The molecule has 24 heavy (non-hydrogen) atoms. The second-order valence-electron chi connectivity index (χ2n) is 5.01. The van der Waals surface area contributed by atoms with Gasteiger partial charge in [-0.15, -0.1) is 0 Å². The molecule has 7 nitrogen and oxygen atoms in total. The molecule has 0 radical (unpaired) electrons. The fourth-order valence-electron chi connectivity index (χ4n) is 1.96. The van der Waals surface area contributed by atoms with Gasteiger partial charge in [0.25, 0.3) is 5.56 Å². The van der Waals surface area contributed by atoms with Crippen LogP contribution in [0.1, 0.15) is 19.0 Å². The van der Waals surface area contributed by atoms with Gasteiger partial charge < -0.3 is 9.72 Å². The van der Waals surface area contributed by atoms with Gasteiger partial charge in [-0.05, 0) is 30.7 Å². The molecule has 3 N–H and O–H groups in total. The number of ether oxygens (including phenoxy) is 1. The second kappa shape index (κ2) is 8.32. The monoisotopic (exact) mass is 369 g/mol. The Morgan fingerprint density at radius 3 is 2.62 bits per heavy atom. The third kappa shape index (κ3) is 5.66. The number of aryl methyl sites for hydroxylation is 1. The highest BCUT2D eigenvalue weighted by atomic mass is 32.2. The predicted molar refractivity (Wildman–Crippen MR) is 92.9 cm³/mol. The number of hydrogen-bond acceptors (Lipinski definition) is 6. The quantitative estimate of drug-likeness (QED) is 0.414. The maximum absolute atomic E-state index is 11.6. The number of nitrogens with zero attached hydrogens (tertiary/aromatic N) is 1. The Balaban J connectivity index is 1.86. The molecule has 0 aliphatic heterocycles. The summed E-state index contributed by atoms with van der Waals surface area (Å²) in [5, 5.41) is 5.60. The van der Waals surface area contributed by atoms with E-state index in [-0.39, 0.29) is 10.5 Å². The molecule has 0 fully saturated rings. The van der Waals surface area contributed by atoms with Crippen molar-refractivity contribution in [3.05, 3.63) is 46.4 Å². The zero-order valence-corrected chi connectivity index (χ0v) is 14.8. The van der Waals surface area contributed by atoms with Gasteiger partial charge in [0, 0.05) is 17.5 Å². The number of aromatic nitrogens is 2. The minimum atomic E-state index is -3.70. The summed E-state index contributed by atoms with van der Waals surface area (Å²) in [5.74, 6) is 1.14. The maximum atomic E-state index is 11.6. The first-order chi connectivity index (χ1) is 11.4. The highest BCUT2D eigenvalue weighted by molar-refractivity contribution is 7.99. The van der Waals surface area contributed by atoms with Crippen LogP contribution in [0.15, 0.2) is 45.2 Å². The molecule has 1 aromatic carbocycles. The molecule has 9 heteroatoms. The summed E-state index contributed by atoms with van der Waals surface area (Å²) < 4.78 is 27.8. The lowest BCUT2D eigenvalue weighted by Crippen LogP contribution is -2.12. The van der Waals surface area contributed by atoms with Crippen molar-refractivity contribution in [2.24, 2.45) is 5.14 Å². The van der Waals surface area contributed by atoms with Crippen LogP contribution in [0.5, 0.6) is 5.75 Å². The van der Waals surface area contributed by atoms with Gasteiger partial charge in [-0.2, -0.15) is 0 Å². The van der Waals surface area contributed by atoms with Crippen molar-refractivity contribution in [2.75, 3.05) is 12.4 Å². The lowest BCUT2D eigenvalue weighted by Gasteiger charge is -2.07. The fourth-order valence-corrected chi connectivity index (χ4v) is 3.19. The van der Waals surface area contributed by atoms with E-state index in [1.54, 1.807) is 12.1 Å². The number of thioether (sulfide) groups is 1. The Bertz CT molecular complexity index is 833. The van der Waals surface area contributed by atoms with Gasteiger partial charge >= 0.3 is 0 Å². The average Bonchev–Trinajstić information content (AvgIpc) is 2.51. The summed E-state index contributed by atoms with van der Waals surface area (Å²) in [7, 11) is -3.70. The number of primary sulfonamides is 1. The third-order valence-electron chi connectivity index (χ3n) is 3.02. The van der Waals surface area contributed by atoms with E-state index in [4.69, 9.17) is 9.88 Å². The first-order valence-corrected chi connectivity index (χ1v) is 9.90.